The van der Waals surface area contributed by atoms with Crippen LogP contribution in [-0.2, 0) is 10.7 Å². The van der Waals surface area contributed by atoms with Gasteiger partial charge in [0.25, 0.3) is 0 Å². The zero-order chi connectivity index (χ0) is 21.4. The Morgan fingerprint density at radius 3 is 2.69 bits per heavy atom. The SMILES string of the molecule is CN1C[C@H](C=CC(O)C(F)(F)c2ccccc2)N(CCCCSCC(=O)O)C1=O. The minimum atomic E-state index is -3.43. The number of unbranched alkanes of at least 4 members (excludes halogenated alkanes) is 1. The number of urea groups is 1. The number of benzene rings is 1. The monoisotopic (exact) mass is 428 g/mol. The molecule has 0 bridgehead atoms. The lowest BCUT2D eigenvalue weighted by molar-refractivity contribution is -0.133. The van der Waals surface area contributed by atoms with Crippen LogP contribution in [0.15, 0.2) is 42.5 Å². The maximum atomic E-state index is 14.4. The van der Waals surface area contributed by atoms with Crippen molar-refractivity contribution in [1.82, 2.24) is 9.80 Å². The zero-order valence-electron chi connectivity index (χ0n) is 16.2. The summed E-state index contributed by atoms with van der Waals surface area (Å²) >= 11 is 1.32. The van der Waals surface area contributed by atoms with E-state index >= 15 is 0 Å². The van der Waals surface area contributed by atoms with Crippen LogP contribution in [0.4, 0.5) is 13.6 Å². The van der Waals surface area contributed by atoms with E-state index in [2.05, 4.69) is 0 Å². The number of alkyl halides is 2. The van der Waals surface area contributed by atoms with E-state index in [-0.39, 0.29) is 17.3 Å². The molecule has 6 nitrogen and oxygen atoms in total. The van der Waals surface area contributed by atoms with Gasteiger partial charge < -0.3 is 20.0 Å². The molecule has 2 atom stereocenters. The number of rotatable bonds is 11. The van der Waals surface area contributed by atoms with Gasteiger partial charge in [0.2, 0.25) is 0 Å². The number of likely N-dealkylation sites (N-methyl/N-ethyl adjacent to an activating group) is 1. The van der Waals surface area contributed by atoms with E-state index in [0.717, 1.165) is 12.5 Å². The summed E-state index contributed by atoms with van der Waals surface area (Å²) in [5.74, 6) is -3.57. The fourth-order valence-corrected chi connectivity index (χ4v) is 3.80. The number of aliphatic hydroxyl groups is 1. The lowest BCUT2D eigenvalue weighted by Gasteiger charge is -2.23. The van der Waals surface area contributed by atoms with Crippen LogP contribution in [0.3, 0.4) is 0 Å². The molecule has 160 valence electrons. The number of thioether (sulfide) groups is 1. The molecule has 1 saturated heterocycles. The van der Waals surface area contributed by atoms with E-state index < -0.39 is 24.0 Å². The number of nitrogens with zero attached hydrogens (tertiary/aromatic N) is 2. The van der Waals surface area contributed by atoms with Crippen molar-refractivity contribution in [2.24, 2.45) is 0 Å². The van der Waals surface area contributed by atoms with Gasteiger partial charge in [-0.1, -0.05) is 42.5 Å². The number of carboxylic acids is 1. The number of carbonyl (C=O) groups excluding carboxylic acids is 1. The molecule has 1 aromatic rings. The van der Waals surface area contributed by atoms with E-state index in [4.69, 9.17) is 5.11 Å². The first-order valence-corrected chi connectivity index (χ1v) is 10.5. The minimum absolute atomic E-state index is 0.0459. The highest BCUT2D eigenvalue weighted by Gasteiger charge is 2.39. The van der Waals surface area contributed by atoms with Gasteiger partial charge in [-0.2, -0.15) is 20.5 Å². The van der Waals surface area contributed by atoms with Crippen LogP contribution in [0.2, 0.25) is 0 Å². The maximum Gasteiger partial charge on any atom is 0.320 e. The van der Waals surface area contributed by atoms with Crippen LogP contribution in [0.25, 0.3) is 0 Å². The molecule has 0 aromatic heterocycles. The van der Waals surface area contributed by atoms with Crippen molar-refractivity contribution in [3.05, 3.63) is 48.0 Å². The number of aliphatic carboxylic acids is 1. The third kappa shape index (κ3) is 6.43. The van der Waals surface area contributed by atoms with Gasteiger partial charge >= 0.3 is 17.9 Å². The van der Waals surface area contributed by atoms with Gasteiger partial charge in [-0.25, -0.2) is 4.79 Å². The summed E-state index contributed by atoms with van der Waals surface area (Å²) < 4.78 is 28.8. The van der Waals surface area contributed by atoms with Crippen LogP contribution < -0.4 is 0 Å². The Balaban J connectivity index is 1.92. The third-order valence-corrected chi connectivity index (χ3v) is 5.67. The fourth-order valence-electron chi connectivity index (χ4n) is 3.08. The lowest BCUT2D eigenvalue weighted by atomic mass is 10.0. The van der Waals surface area contributed by atoms with Gasteiger partial charge in [0.05, 0.1) is 11.8 Å². The van der Waals surface area contributed by atoms with Crippen molar-refractivity contribution in [3.8, 4) is 0 Å². The zero-order valence-corrected chi connectivity index (χ0v) is 17.0. The van der Waals surface area contributed by atoms with Crippen molar-refractivity contribution in [3.63, 3.8) is 0 Å². The molecular weight excluding hydrogens is 402 g/mol. The molecule has 0 spiro atoms. The summed E-state index contributed by atoms with van der Waals surface area (Å²) in [5, 5.41) is 18.6. The molecule has 1 heterocycles. The topological polar surface area (TPSA) is 81.1 Å². The molecule has 9 heteroatoms. The Bertz CT molecular complexity index is 718. The van der Waals surface area contributed by atoms with E-state index in [9.17, 15) is 23.5 Å². The van der Waals surface area contributed by atoms with Gasteiger partial charge in [0.15, 0.2) is 0 Å². The number of carbonyl (C=O) groups is 2. The van der Waals surface area contributed by atoms with Crippen LogP contribution >= 0.6 is 11.8 Å². The first-order chi connectivity index (χ1) is 13.7. The number of hydrogen-bond donors (Lipinski definition) is 2. The highest BCUT2D eigenvalue weighted by molar-refractivity contribution is 7.99. The molecule has 1 fully saturated rings. The van der Waals surface area contributed by atoms with Crippen LogP contribution in [0, 0.1) is 0 Å². The number of amides is 2. The molecule has 29 heavy (non-hydrogen) atoms. The molecule has 0 aliphatic carbocycles. The highest BCUT2D eigenvalue weighted by atomic mass is 32.2. The van der Waals surface area contributed by atoms with Crippen LogP contribution in [0.1, 0.15) is 18.4 Å². The van der Waals surface area contributed by atoms with Crippen molar-refractivity contribution < 1.29 is 28.6 Å². The molecule has 2 rings (SSSR count). The van der Waals surface area contributed by atoms with Crippen molar-refractivity contribution >= 4 is 23.8 Å². The van der Waals surface area contributed by atoms with E-state index in [1.807, 2.05) is 0 Å². The van der Waals surface area contributed by atoms with Crippen molar-refractivity contribution in [1.29, 1.82) is 0 Å². The molecule has 2 amide bonds. The quantitative estimate of drug-likeness (QED) is 0.418. The van der Waals surface area contributed by atoms with Gasteiger partial charge in [-0.3, -0.25) is 4.79 Å². The van der Waals surface area contributed by atoms with Gasteiger partial charge in [-0.15, -0.1) is 0 Å². The Morgan fingerprint density at radius 2 is 2.03 bits per heavy atom. The predicted molar refractivity (Wildman–Crippen MR) is 108 cm³/mol. The predicted octanol–water partition coefficient (Wildman–Crippen LogP) is 3.03. The van der Waals surface area contributed by atoms with E-state index in [0.29, 0.717) is 25.3 Å². The average Bonchev–Trinajstić information content (AvgIpc) is 2.96. The lowest BCUT2D eigenvalue weighted by Crippen LogP contribution is -2.35. The second-order valence-electron chi connectivity index (χ2n) is 6.90. The number of halogens is 2. The van der Waals surface area contributed by atoms with Gasteiger partial charge in [0, 0.05) is 25.7 Å². The minimum Gasteiger partial charge on any atom is -0.481 e. The summed E-state index contributed by atoms with van der Waals surface area (Å²) in [6.45, 7) is 0.795. The van der Waals surface area contributed by atoms with Crippen molar-refractivity contribution in [2.45, 2.75) is 30.9 Å². The molecule has 1 aromatic carbocycles. The van der Waals surface area contributed by atoms with Gasteiger partial charge in [-0.05, 0) is 18.6 Å². The summed E-state index contributed by atoms with van der Waals surface area (Å²) in [5.41, 5.74) is -0.271. The van der Waals surface area contributed by atoms with E-state index in [1.165, 1.54) is 47.0 Å². The third-order valence-electron chi connectivity index (χ3n) is 4.64. The molecular formula is C20H26F2N2O4S. The van der Waals surface area contributed by atoms with Gasteiger partial charge in [0.1, 0.15) is 6.10 Å². The fraction of sp³-hybridized carbons (Fsp3) is 0.500. The Kier molecular flexibility index (Phi) is 8.45. The summed E-state index contributed by atoms with van der Waals surface area (Å²) in [7, 11) is 1.64. The standard InChI is InChI=1S/C20H26F2N2O4S/c1-23-13-16(24(19(23)28)11-5-6-12-29-14-18(26)27)9-10-17(25)20(21,22)15-7-3-2-4-8-15/h2-4,7-10,16-17,25H,5-6,11-14H2,1H3,(H,26,27)/t16-,17?/m0/s1. The van der Waals surface area contributed by atoms with E-state index in [1.54, 1.807) is 18.0 Å². The second kappa shape index (κ2) is 10.6. The van der Waals surface area contributed by atoms with Crippen LogP contribution in [0.5, 0.6) is 0 Å². The Morgan fingerprint density at radius 1 is 1.34 bits per heavy atom. The Labute approximate surface area is 173 Å². The van der Waals surface area contributed by atoms with Crippen LogP contribution in [-0.4, -0.2) is 75.8 Å². The largest absolute Gasteiger partial charge is 0.481 e. The first kappa shape index (κ1) is 23.2. The number of carboxylic acid groups (broad SMARTS) is 1. The highest BCUT2D eigenvalue weighted by Crippen LogP contribution is 2.32. The Hall–Kier alpha value is -2.13. The second-order valence-corrected chi connectivity index (χ2v) is 8.00. The summed E-state index contributed by atoms with van der Waals surface area (Å²) in [6.07, 6.45) is 1.94. The molecule has 0 radical (unpaired) electrons. The number of hydrogen-bond acceptors (Lipinski definition) is 4. The average molecular weight is 429 g/mol. The molecule has 1 aliphatic rings. The number of aliphatic hydroxyl groups excluding tert-OH is 1. The maximum absolute atomic E-state index is 14.4. The summed E-state index contributed by atoms with van der Waals surface area (Å²) in [4.78, 5) is 25.9. The molecule has 1 unspecified atom stereocenters. The smallest absolute Gasteiger partial charge is 0.320 e. The van der Waals surface area contributed by atoms with Crippen molar-refractivity contribution in [2.75, 3.05) is 31.6 Å². The normalized spacial score (nSPS) is 18.6. The molecule has 1 aliphatic heterocycles. The molecule has 0 saturated carbocycles. The first-order valence-electron chi connectivity index (χ1n) is 9.34. The molecule has 2 N–H and O–H groups in total. The summed E-state index contributed by atoms with van der Waals surface area (Å²) in [6, 6.07) is 6.53.